The minimum Gasteiger partial charge on any atom is -0.382 e. The van der Waals surface area contributed by atoms with E-state index in [-0.39, 0.29) is 0 Å². The fourth-order valence-electron chi connectivity index (χ4n) is 2.74. The molecule has 0 spiro atoms. The second-order valence-corrected chi connectivity index (χ2v) is 5.60. The molecule has 2 aliphatic rings. The minimum atomic E-state index is 0.638. The Hall–Kier alpha value is -0.640. The maximum absolute atomic E-state index is 5.98. The van der Waals surface area contributed by atoms with E-state index in [9.17, 15) is 0 Å². The summed E-state index contributed by atoms with van der Waals surface area (Å²) in [5.74, 6) is 3.07. The SMILES string of the molecule is Nc1nn(C2CCCC2)c2c1CSCC2. The van der Waals surface area contributed by atoms with Crippen LogP contribution in [0.2, 0.25) is 0 Å². The zero-order valence-electron chi connectivity index (χ0n) is 8.91. The summed E-state index contributed by atoms with van der Waals surface area (Å²) in [6.07, 6.45) is 6.45. The van der Waals surface area contributed by atoms with Gasteiger partial charge in [-0.2, -0.15) is 16.9 Å². The van der Waals surface area contributed by atoms with Crippen LogP contribution in [0.5, 0.6) is 0 Å². The summed E-state index contributed by atoms with van der Waals surface area (Å²) in [5, 5.41) is 4.56. The molecule has 4 heteroatoms. The summed E-state index contributed by atoms with van der Waals surface area (Å²) in [4.78, 5) is 0. The van der Waals surface area contributed by atoms with Crippen LogP contribution in [0.25, 0.3) is 0 Å². The molecule has 3 rings (SSSR count). The van der Waals surface area contributed by atoms with Gasteiger partial charge in [-0.3, -0.25) is 4.68 Å². The van der Waals surface area contributed by atoms with Crippen molar-refractivity contribution in [2.75, 3.05) is 11.5 Å². The summed E-state index contributed by atoms with van der Waals surface area (Å²) in [7, 11) is 0. The van der Waals surface area contributed by atoms with Gasteiger partial charge in [-0.15, -0.1) is 0 Å². The molecule has 2 heterocycles. The summed E-state index contributed by atoms with van der Waals surface area (Å²) in [5.41, 5.74) is 8.73. The van der Waals surface area contributed by atoms with Crippen LogP contribution in [0.1, 0.15) is 43.0 Å². The molecular weight excluding hydrogens is 206 g/mol. The van der Waals surface area contributed by atoms with Gasteiger partial charge in [0.2, 0.25) is 0 Å². The number of nitrogens with zero attached hydrogens (tertiary/aromatic N) is 2. The molecular formula is C11H17N3S. The number of nitrogens with two attached hydrogens (primary N) is 1. The lowest BCUT2D eigenvalue weighted by Gasteiger charge is -2.17. The van der Waals surface area contributed by atoms with Gasteiger partial charge >= 0.3 is 0 Å². The van der Waals surface area contributed by atoms with E-state index in [0.29, 0.717) is 6.04 Å². The van der Waals surface area contributed by atoms with Crippen LogP contribution in [0.15, 0.2) is 0 Å². The predicted octanol–water partition coefficient (Wildman–Crippen LogP) is 2.37. The molecule has 0 radical (unpaired) electrons. The number of hydrogen-bond acceptors (Lipinski definition) is 3. The molecule has 1 aromatic heterocycles. The van der Waals surface area contributed by atoms with Gasteiger partial charge < -0.3 is 5.73 Å². The average Bonchev–Trinajstić information content (AvgIpc) is 2.87. The van der Waals surface area contributed by atoms with E-state index in [1.807, 2.05) is 11.8 Å². The highest BCUT2D eigenvalue weighted by atomic mass is 32.2. The van der Waals surface area contributed by atoms with Gasteiger partial charge in [0.15, 0.2) is 0 Å². The summed E-state index contributed by atoms with van der Waals surface area (Å²) in [6, 6.07) is 0.638. The largest absolute Gasteiger partial charge is 0.382 e. The number of nitrogen functional groups attached to an aromatic ring is 1. The molecule has 15 heavy (non-hydrogen) atoms. The second-order valence-electron chi connectivity index (χ2n) is 4.50. The van der Waals surface area contributed by atoms with Crippen LogP contribution in [-0.4, -0.2) is 15.5 Å². The van der Waals surface area contributed by atoms with Crippen LogP contribution < -0.4 is 5.73 Å². The van der Waals surface area contributed by atoms with Crippen LogP contribution >= 0.6 is 11.8 Å². The van der Waals surface area contributed by atoms with E-state index in [1.54, 1.807) is 0 Å². The summed E-state index contributed by atoms with van der Waals surface area (Å²) >= 11 is 1.97. The predicted molar refractivity (Wildman–Crippen MR) is 64.0 cm³/mol. The lowest BCUT2D eigenvalue weighted by Crippen LogP contribution is -2.13. The van der Waals surface area contributed by atoms with Gasteiger partial charge in [0.25, 0.3) is 0 Å². The van der Waals surface area contributed by atoms with Gasteiger partial charge in [0, 0.05) is 17.0 Å². The first-order chi connectivity index (χ1) is 7.36. The Labute approximate surface area is 94.4 Å². The van der Waals surface area contributed by atoms with E-state index >= 15 is 0 Å². The molecule has 82 valence electrons. The van der Waals surface area contributed by atoms with E-state index in [0.717, 1.165) is 18.0 Å². The molecule has 3 nitrogen and oxygen atoms in total. The van der Waals surface area contributed by atoms with Gasteiger partial charge in [0.1, 0.15) is 5.82 Å². The number of hydrogen-bond donors (Lipinski definition) is 1. The first-order valence-electron chi connectivity index (χ1n) is 5.80. The van der Waals surface area contributed by atoms with Crippen molar-refractivity contribution < 1.29 is 0 Å². The highest BCUT2D eigenvalue weighted by Gasteiger charge is 2.25. The van der Waals surface area contributed by atoms with E-state index < -0.39 is 0 Å². The third-order valence-electron chi connectivity index (χ3n) is 3.55. The Bertz CT molecular complexity index is 366. The van der Waals surface area contributed by atoms with Crippen LogP contribution in [0.3, 0.4) is 0 Å². The van der Waals surface area contributed by atoms with Crippen LogP contribution in [0, 0.1) is 0 Å². The lowest BCUT2D eigenvalue weighted by atomic mass is 10.2. The molecule has 0 aromatic carbocycles. The lowest BCUT2D eigenvalue weighted by molar-refractivity contribution is 0.452. The summed E-state index contributed by atoms with van der Waals surface area (Å²) < 4.78 is 2.25. The number of anilines is 1. The minimum absolute atomic E-state index is 0.638. The van der Waals surface area contributed by atoms with Crippen molar-refractivity contribution in [3.05, 3.63) is 11.3 Å². The molecule has 2 N–H and O–H groups in total. The maximum Gasteiger partial charge on any atom is 0.149 e. The first-order valence-corrected chi connectivity index (χ1v) is 6.95. The Balaban J connectivity index is 1.99. The first kappa shape index (κ1) is 9.58. The molecule has 1 aliphatic carbocycles. The van der Waals surface area contributed by atoms with Crippen molar-refractivity contribution >= 4 is 17.6 Å². The monoisotopic (exact) mass is 223 g/mol. The second kappa shape index (κ2) is 3.74. The Morgan fingerprint density at radius 2 is 2.13 bits per heavy atom. The van der Waals surface area contributed by atoms with Crippen LogP contribution in [-0.2, 0) is 12.2 Å². The smallest absolute Gasteiger partial charge is 0.149 e. The fraction of sp³-hybridized carbons (Fsp3) is 0.727. The van der Waals surface area contributed by atoms with E-state index in [2.05, 4.69) is 9.78 Å². The van der Waals surface area contributed by atoms with Crippen molar-refractivity contribution in [3.63, 3.8) is 0 Å². The molecule has 1 fully saturated rings. The molecule has 1 aliphatic heterocycles. The molecule has 0 bridgehead atoms. The van der Waals surface area contributed by atoms with Gasteiger partial charge in [0.05, 0.1) is 6.04 Å². The van der Waals surface area contributed by atoms with Gasteiger partial charge in [-0.1, -0.05) is 12.8 Å². The van der Waals surface area contributed by atoms with Crippen molar-refractivity contribution in [2.45, 2.75) is 43.9 Å². The number of aromatic nitrogens is 2. The third kappa shape index (κ3) is 1.55. The van der Waals surface area contributed by atoms with Crippen LogP contribution in [0.4, 0.5) is 5.82 Å². The Kier molecular flexibility index (Phi) is 2.39. The van der Waals surface area contributed by atoms with Gasteiger partial charge in [-0.05, 0) is 25.0 Å². The van der Waals surface area contributed by atoms with E-state index in [1.165, 1.54) is 42.7 Å². The number of rotatable bonds is 1. The van der Waals surface area contributed by atoms with E-state index in [4.69, 9.17) is 5.73 Å². The van der Waals surface area contributed by atoms with Crippen molar-refractivity contribution in [1.29, 1.82) is 0 Å². The molecule has 1 aromatic rings. The van der Waals surface area contributed by atoms with Crippen molar-refractivity contribution in [3.8, 4) is 0 Å². The molecule has 0 saturated heterocycles. The average molecular weight is 223 g/mol. The van der Waals surface area contributed by atoms with Gasteiger partial charge in [-0.25, -0.2) is 0 Å². The molecule has 0 unspecified atom stereocenters. The third-order valence-corrected chi connectivity index (χ3v) is 4.54. The Morgan fingerprint density at radius 1 is 1.33 bits per heavy atom. The molecule has 0 atom stereocenters. The molecule has 0 amide bonds. The summed E-state index contributed by atoms with van der Waals surface area (Å²) in [6.45, 7) is 0. The van der Waals surface area contributed by atoms with Crippen molar-refractivity contribution in [1.82, 2.24) is 9.78 Å². The molecule has 1 saturated carbocycles. The number of thioether (sulfide) groups is 1. The standard InChI is InChI=1S/C11H17N3S/c12-11-9-7-15-6-5-10(9)14(13-11)8-3-1-2-4-8/h8H,1-7H2,(H2,12,13). The fourth-order valence-corrected chi connectivity index (χ4v) is 3.74. The zero-order valence-corrected chi connectivity index (χ0v) is 9.72. The highest BCUT2D eigenvalue weighted by Crippen LogP contribution is 2.35. The normalized spacial score (nSPS) is 21.9. The zero-order chi connectivity index (χ0) is 10.3. The Morgan fingerprint density at radius 3 is 2.93 bits per heavy atom. The maximum atomic E-state index is 5.98. The topological polar surface area (TPSA) is 43.8 Å². The number of fused-ring (bicyclic) bond motifs is 1. The quantitative estimate of drug-likeness (QED) is 0.795. The van der Waals surface area contributed by atoms with Crippen molar-refractivity contribution in [2.24, 2.45) is 0 Å². The highest BCUT2D eigenvalue weighted by molar-refractivity contribution is 7.98.